The van der Waals surface area contributed by atoms with Gasteiger partial charge in [-0.3, -0.25) is 0 Å². The highest BCUT2D eigenvalue weighted by atomic mass is 19.4. The van der Waals surface area contributed by atoms with E-state index >= 15 is 0 Å². The van der Waals surface area contributed by atoms with E-state index < -0.39 is 35.4 Å². The van der Waals surface area contributed by atoms with Crippen LogP contribution >= 0.6 is 0 Å². The summed E-state index contributed by atoms with van der Waals surface area (Å²) < 4.78 is 73.1. The highest BCUT2D eigenvalue weighted by Gasteiger charge is 2.38. The van der Waals surface area contributed by atoms with Gasteiger partial charge in [-0.2, -0.15) is 17.6 Å². The minimum atomic E-state index is -5.12. The maximum Gasteiger partial charge on any atom is 0.418 e. The molecule has 0 aliphatic rings. The van der Waals surface area contributed by atoms with Crippen molar-refractivity contribution in [1.29, 1.82) is 0 Å². The van der Waals surface area contributed by atoms with Crippen LogP contribution in [0.2, 0.25) is 0 Å². The van der Waals surface area contributed by atoms with Gasteiger partial charge in [-0.15, -0.1) is 0 Å². The molecule has 0 spiro atoms. The minimum Gasteiger partial charge on any atom is -0.503 e. The van der Waals surface area contributed by atoms with Crippen molar-refractivity contribution in [2.45, 2.75) is 12.6 Å². The lowest BCUT2D eigenvalue weighted by Gasteiger charge is -2.12. The zero-order valence-corrected chi connectivity index (χ0v) is 6.82. The van der Waals surface area contributed by atoms with E-state index in [2.05, 4.69) is 4.98 Å². The molecule has 0 radical (unpaired) electrons. The summed E-state index contributed by atoms with van der Waals surface area (Å²) in [5.41, 5.74) is -3.65. The Bertz CT molecular complexity index is 374. The minimum absolute atomic E-state index is 0.0868. The second kappa shape index (κ2) is 3.59. The molecule has 0 aliphatic heterocycles. The number of aromatic nitrogens is 1. The topological polar surface area (TPSA) is 33.1 Å². The third-order valence-corrected chi connectivity index (χ3v) is 1.57. The van der Waals surface area contributed by atoms with Gasteiger partial charge in [-0.05, 0) is 0 Å². The molecular formula is C7H3F6NO. The van der Waals surface area contributed by atoms with Crippen LogP contribution in [0.3, 0.4) is 0 Å². The summed E-state index contributed by atoms with van der Waals surface area (Å²) in [5.74, 6) is -3.54. The average Bonchev–Trinajstić information content (AvgIpc) is 2.06. The predicted octanol–water partition coefficient (Wildman–Crippen LogP) is 2.88. The molecule has 0 amide bonds. The van der Waals surface area contributed by atoms with Gasteiger partial charge in [0.2, 0.25) is 0 Å². The number of aromatic hydroxyl groups is 1. The van der Waals surface area contributed by atoms with Crippen molar-refractivity contribution in [1.82, 2.24) is 4.98 Å². The zero-order chi connectivity index (χ0) is 11.8. The van der Waals surface area contributed by atoms with E-state index in [0.29, 0.717) is 0 Å². The third-order valence-electron chi connectivity index (χ3n) is 1.57. The molecule has 0 aliphatic carbocycles. The molecule has 0 unspecified atom stereocenters. The second-order valence-electron chi connectivity index (χ2n) is 2.52. The molecule has 1 heterocycles. The summed E-state index contributed by atoms with van der Waals surface area (Å²) in [6.07, 6.45) is -8.85. The van der Waals surface area contributed by atoms with Gasteiger partial charge >= 0.3 is 6.18 Å². The lowest BCUT2D eigenvalue weighted by molar-refractivity contribution is -0.140. The number of hydrogen-bond donors (Lipinski definition) is 1. The van der Waals surface area contributed by atoms with Gasteiger partial charge in [0.05, 0.1) is 11.1 Å². The number of pyridine rings is 1. The summed E-state index contributed by atoms with van der Waals surface area (Å²) in [6, 6.07) is 0. The monoisotopic (exact) mass is 231 g/mol. The lowest BCUT2D eigenvalue weighted by atomic mass is 10.1. The molecule has 0 atom stereocenters. The molecule has 1 aromatic heterocycles. The van der Waals surface area contributed by atoms with Gasteiger partial charge in [0, 0.05) is 6.20 Å². The average molecular weight is 231 g/mol. The largest absolute Gasteiger partial charge is 0.503 e. The Labute approximate surface area is 79.2 Å². The van der Waals surface area contributed by atoms with Crippen molar-refractivity contribution in [3.63, 3.8) is 0 Å². The van der Waals surface area contributed by atoms with E-state index in [9.17, 15) is 26.3 Å². The first-order valence-electron chi connectivity index (χ1n) is 3.48. The van der Waals surface area contributed by atoms with Crippen LogP contribution in [0.15, 0.2) is 6.20 Å². The van der Waals surface area contributed by atoms with E-state index in [0.717, 1.165) is 0 Å². The highest BCUT2D eigenvalue weighted by Crippen LogP contribution is 2.40. The third kappa shape index (κ3) is 2.13. The second-order valence-corrected chi connectivity index (χ2v) is 2.52. The first-order valence-corrected chi connectivity index (χ1v) is 3.48. The van der Waals surface area contributed by atoms with E-state index in [-0.39, 0.29) is 6.20 Å². The van der Waals surface area contributed by atoms with Crippen molar-refractivity contribution in [3.8, 4) is 5.75 Å². The molecule has 8 heteroatoms. The molecule has 1 rings (SSSR count). The summed E-state index contributed by atoms with van der Waals surface area (Å²) in [7, 11) is 0. The van der Waals surface area contributed by atoms with Crippen LogP contribution in [0.25, 0.3) is 0 Å². The molecule has 84 valence electrons. The zero-order valence-electron chi connectivity index (χ0n) is 6.82. The van der Waals surface area contributed by atoms with Gasteiger partial charge in [0.1, 0.15) is 0 Å². The number of rotatable bonds is 1. The van der Waals surface area contributed by atoms with Crippen LogP contribution in [0.1, 0.15) is 17.6 Å². The van der Waals surface area contributed by atoms with E-state index in [4.69, 9.17) is 5.11 Å². The van der Waals surface area contributed by atoms with Gasteiger partial charge in [-0.25, -0.2) is 13.8 Å². The van der Waals surface area contributed by atoms with Crippen molar-refractivity contribution in [2.75, 3.05) is 0 Å². The van der Waals surface area contributed by atoms with Crippen LogP contribution in [0.4, 0.5) is 26.3 Å². The lowest BCUT2D eigenvalue weighted by Crippen LogP contribution is -2.11. The molecule has 0 fully saturated rings. The van der Waals surface area contributed by atoms with E-state index in [1.54, 1.807) is 0 Å². The van der Waals surface area contributed by atoms with E-state index in [1.807, 2.05) is 0 Å². The molecule has 1 aromatic rings. The smallest absolute Gasteiger partial charge is 0.418 e. The maximum atomic E-state index is 12.4. The van der Waals surface area contributed by atoms with Crippen molar-refractivity contribution in [2.24, 2.45) is 0 Å². The van der Waals surface area contributed by atoms with Crippen LogP contribution in [0, 0.1) is 5.95 Å². The number of halogens is 6. The molecule has 0 aromatic carbocycles. The molecular weight excluding hydrogens is 228 g/mol. The normalized spacial score (nSPS) is 12.2. The summed E-state index contributed by atoms with van der Waals surface area (Å²) in [5, 5.41) is 8.69. The molecule has 1 N–H and O–H groups in total. The van der Waals surface area contributed by atoms with Crippen LogP contribution in [0.5, 0.6) is 5.75 Å². The van der Waals surface area contributed by atoms with Gasteiger partial charge in [0.25, 0.3) is 12.4 Å². The Morgan fingerprint density at radius 2 is 1.80 bits per heavy atom. The standard InChI is InChI=1S/C7H3F6NO/c8-5(9)3-2(7(11,12)13)1-14-6(10)4(3)15/h1,5,15H. The molecule has 0 bridgehead atoms. The van der Waals surface area contributed by atoms with Gasteiger partial charge in [-0.1, -0.05) is 0 Å². The quantitative estimate of drug-likeness (QED) is 0.595. The van der Waals surface area contributed by atoms with Crippen LogP contribution in [-0.4, -0.2) is 10.1 Å². The number of alkyl halides is 5. The molecule has 0 saturated heterocycles. The van der Waals surface area contributed by atoms with Crippen molar-refractivity contribution in [3.05, 3.63) is 23.3 Å². The summed E-state index contributed by atoms with van der Waals surface area (Å²) >= 11 is 0. The first kappa shape index (κ1) is 11.6. The SMILES string of the molecule is Oc1c(F)ncc(C(F)(F)F)c1C(F)F. The fourth-order valence-corrected chi connectivity index (χ4v) is 0.937. The Kier molecular flexibility index (Phi) is 2.78. The molecule has 2 nitrogen and oxygen atoms in total. The first-order chi connectivity index (χ1) is 6.75. The fourth-order valence-electron chi connectivity index (χ4n) is 0.937. The Morgan fingerprint density at radius 3 is 2.20 bits per heavy atom. The highest BCUT2D eigenvalue weighted by molar-refractivity contribution is 5.39. The number of hydrogen-bond acceptors (Lipinski definition) is 2. The van der Waals surface area contributed by atoms with Gasteiger partial charge in [0.15, 0.2) is 5.75 Å². The predicted molar refractivity (Wildman–Crippen MR) is 35.8 cm³/mol. The van der Waals surface area contributed by atoms with Gasteiger partial charge < -0.3 is 5.11 Å². The Balaban J connectivity index is 3.47. The maximum absolute atomic E-state index is 12.4. The van der Waals surface area contributed by atoms with Crippen molar-refractivity contribution >= 4 is 0 Å². The van der Waals surface area contributed by atoms with Crippen LogP contribution < -0.4 is 0 Å². The Morgan fingerprint density at radius 1 is 1.27 bits per heavy atom. The Hall–Kier alpha value is -1.47. The molecule has 15 heavy (non-hydrogen) atoms. The number of nitrogens with zero attached hydrogens (tertiary/aromatic N) is 1. The van der Waals surface area contributed by atoms with Crippen molar-refractivity contribution < 1.29 is 31.4 Å². The summed E-state index contributed by atoms with van der Waals surface area (Å²) in [6.45, 7) is 0. The molecule has 0 saturated carbocycles. The van der Waals surface area contributed by atoms with Crippen LogP contribution in [-0.2, 0) is 6.18 Å². The summed E-state index contributed by atoms with van der Waals surface area (Å²) in [4.78, 5) is 2.52. The fraction of sp³-hybridized carbons (Fsp3) is 0.286. The van der Waals surface area contributed by atoms with E-state index in [1.165, 1.54) is 0 Å².